The molecule has 4 heteroatoms. The van der Waals surface area contributed by atoms with Crippen LogP contribution in [-0.2, 0) is 28.9 Å². The zero-order valence-corrected chi connectivity index (χ0v) is 13.9. The molecule has 2 amide bonds. The molecule has 0 unspecified atom stereocenters. The van der Waals surface area contributed by atoms with Crippen molar-refractivity contribution in [3.8, 4) is 0 Å². The van der Waals surface area contributed by atoms with E-state index in [2.05, 4.69) is 28.8 Å². The largest absolute Gasteiger partial charge is 0.326 e. The van der Waals surface area contributed by atoms with Gasteiger partial charge in [-0.15, -0.1) is 0 Å². The lowest BCUT2D eigenvalue weighted by Crippen LogP contribution is -2.15. The molecule has 124 valence electrons. The van der Waals surface area contributed by atoms with Crippen LogP contribution < -0.4 is 10.6 Å². The average molecular weight is 322 g/mol. The summed E-state index contributed by atoms with van der Waals surface area (Å²) in [4.78, 5) is 23.4. The molecule has 1 aliphatic carbocycles. The Kier molecular flexibility index (Phi) is 4.94. The second-order valence-electron chi connectivity index (χ2n) is 6.30. The molecule has 3 rings (SSSR count). The molecule has 0 fully saturated rings. The van der Waals surface area contributed by atoms with Gasteiger partial charge in [0.15, 0.2) is 0 Å². The number of hydrogen-bond acceptors (Lipinski definition) is 2. The Morgan fingerprint density at radius 3 is 2.38 bits per heavy atom. The smallest absolute Gasteiger partial charge is 0.228 e. The van der Waals surface area contributed by atoms with Crippen molar-refractivity contribution in [2.24, 2.45) is 0 Å². The molecule has 0 radical (unpaired) electrons. The number of aryl methyl sites for hydroxylation is 2. The van der Waals surface area contributed by atoms with Crippen LogP contribution in [0.5, 0.6) is 0 Å². The molecule has 0 aliphatic heterocycles. The molecular formula is C20H22N2O2. The molecule has 0 saturated heterocycles. The number of fused-ring (bicyclic) bond motifs is 1. The van der Waals surface area contributed by atoms with E-state index >= 15 is 0 Å². The Bertz CT molecular complexity index is 768. The summed E-state index contributed by atoms with van der Waals surface area (Å²) >= 11 is 0. The summed E-state index contributed by atoms with van der Waals surface area (Å²) in [7, 11) is 0. The fourth-order valence-electron chi connectivity index (χ4n) is 3.17. The lowest BCUT2D eigenvalue weighted by Gasteiger charge is -2.16. The van der Waals surface area contributed by atoms with Gasteiger partial charge in [-0.3, -0.25) is 9.59 Å². The number of rotatable bonds is 4. The SMILES string of the molecule is CC(=O)Nc1cccc(NC(=O)Cc2ccc3c(c2)CCCC3)c1. The highest BCUT2D eigenvalue weighted by atomic mass is 16.2. The summed E-state index contributed by atoms with van der Waals surface area (Å²) in [5.41, 5.74) is 5.22. The number of hydrogen-bond donors (Lipinski definition) is 2. The van der Waals surface area contributed by atoms with E-state index in [4.69, 9.17) is 0 Å². The van der Waals surface area contributed by atoms with Crippen LogP contribution in [0.3, 0.4) is 0 Å². The molecule has 2 aromatic rings. The highest BCUT2D eigenvalue weighted by Gasteiger charge is 2.11. The van der Waals surface area contributed by atoms with Gasteiger partial charge in [-0.2, -0.15) is 0 Å². The van der Waals surface area contributed by atoms with Crippen LogP contribution in [0.1, 0.15) is 36.5 Å². The number of amides is 2. The van der Waals surface area contributed by atoms with Crippen molar-refractivity contribution in [3.63, 3.8) is 0 Å². The first-order chi connectivity index (χ1) is 11.6. The molecule has 0 heterocycles. The molecule has 0 saturated carbocycles. The minimum absolute atomic E-state index is 0.0502. The van der Waals surface area contributed by atoms with Gasteiger partial charge in [0.2, 0.25) is 11.8 Å². The lowest BCUT2D eigenvalue weighted by atomic mass is 9.90. The quantitative estimate of drug-likeness (QED) is 0.901. The Morgan fingerprint density at radius 2 is 1.62 bits per heavy atom. The maximum Gasteiger partial charge on any atom is 0.228 e. The second-order valence-corrected chi connectivity index (χ2v) is 6.30. The third kappa shape index (κ3) is 4.22. The predicted molar refractivity (Wildman–Crippen MR) is 96.2 cm³/mol. The van der Waals surface area contributed by atoms with Crippen LogP contribution in [0, 0.1) is 0 Å². The van der Waals surface area contributed by atoms with Gasteiger partial charge < -0.3 is 10.6 Å². The number of carbonyl (C=O) groups is 2. The topological polar surface area (TPSA) is 58.2 Å². The Balaban J connectivity index is 1.64. The van der Waals surface area contributed by atoms with Crippen LogP contribution in [0.25, 0.3) is 0 Å². The third-order valence-corrected chi connectivity index (χ3v) is 4.24. The van der Waals surface area contributed by atoms with Crippen LogP contribution in [0.15, 0.2) is 42.5 Å². The summed E-state index contributed by atoms with van der Waals surface area (Å²) in [6.45, 7) is 1.46. The molecule has 0 bridgehead atoms. The number of benzene rings is 2. The number of anilines is 2. The first kappa shape index (κ1) is 16.2. The summed E-state index contributed by atoms with van der Waals surface area (Å²) in [6, 6.07) is 13.6. The summed E-state index contributed by atoms with van der Waals surface area (Å²) in [5, 5.41) is 5.61. The maximum absolute atomic E-state index is 12.3. The van der Waals surface area contributed by atoms with Gasteiger partial charge in [-0.25, -0.2) is 0 Å². The molecular weight excluding hydrogens is 300 g/mol. The van der Waals surface area contributed by atoms with Crippen molar-refractivity contribution < 1.29 is 9.59 Å². The average Bonchev–Trinajstić information content (AvgIpc) is 2.54. The highest BCUT2D eigenvalue weighted by Crippen LogP contribution is 2.22. The van der Waals surface area contributed by atoms with E-state index in [1.165, 1.54) is 30.9 Å². The van der Waals surface area contributed by atoms with E-state index < -0.39 is 0 Å². The van der Waals surface area contributed by atoms with Crippen molar-refractivity contribution in [1.82, 2.24) is 0 Å². The Morgan fingerprint density at radius 1 is 0.917 bits per heavy atom. The lowest BCUT2D eigenvalue weighted by molar-refractivity contribution is -0.115. The molecule has 4 nitrogen and oxygen atoms in total. The first-order valence-electron chi connectivity index (χ1n) is 8.38. The van der Waals surface area contributed by atoms with Crippen molar-refractivity contribution in [3.05, 3.63) is 59.2 Å². The summed E-state index contributed by atoms with van der Waals surface area (Å²) < 4.78 is 0. The van der Waals surface area contributed by atoms with Gasteiger partial charge >= 0.3 is 0 Å². The summed E-state index contributed by atoms with van der Waals surface area (Å²) in [6.07, 6.45) is 5.12. The minimum Gasteiger partial charge on any atom is -0.326 e. The molecule has 1 aliphatic rings. The van der Waals surface area contributed by atoms with E-state index in [9.17, 15) is 9.59 Å². The van der Waals surface area contributed by atoms with E-state index in [1.54, 1.807) is 18.2 Å². The summed E-state index contributed by atoms with van der Waals surface area (Å²) in [5.74, 6) is -0.182. The zero-order chi connectivity index (χ0) is 16.9. The minimum atomic E-state index is -0.132. The van der Waals surface area contributed by atoms with Gasteiger partial charge in [0.05, 0.1) is 6.42 Å². The van der Waals surface area contributed by atoms with Crippen molar-refractivity contribution in [2.45, 2.75) is 39.0 Å². The number of carbonyl (C=O) groups excluding carboxylic acids is 2. The van der Waals surface area contributed by atoms with Crippen molar-refractivity contribution >= 4 is 23.2 Å². The van der Waals surface area contributed by atoms with Crippen LogP contribution in [0.2, 0.25) is 0 Å². The van der Waals surface area contributed by atoms with Crippen LogP contribution >= 0.6 is 0 Å². The van der Waals surface area contributed by atoms with E-state index in [0.29, 0.717) is 17.8 Å². The van der Waals surface area contributed by atoms with Crippen molar-refractivity contribution in [2.75, 3.05) is 10.6 Å². The third-order valence-electron chi connectivity index (χ3n) is 4.24. The molecule has 2 aromatic carbocycles. The highest BCUT2D eigenvalue weighted by molar-refractivity contribution is 5.94. The van der Waals surface area contributed by atoms with E-state index in [-0.39, 0.29) is 11.8 Å². The second kappa shape index (κ2) is 7.30. The monoisotopic (exact) mass is 322 g/mol. The maximum atomic E-state index is 12.3. The molecule has 2 N–H and O–H groups in total. The van der Waals surface area contributed by atoms with Gasteiger partial charge in [0.1, 0.15) is 0 Å². The standard InChI is InChI=1S/C20H22N2O2/c1-14(23)21-18-7-4-8-19(13-18)22-20(24)12-15-9-10-16-5-2-3-6-17(16)11-15/h4,7-11,13H,2-3,5-6,12H2,1H3,(H,21,23)(H,22,24). The normalized spacial score (nSPS) is 13.0. The molecule has 0 spiro atoms. The molecule has 0 atom stereocenters. The Hall–Kier alpha value is -2.62. The zero-order valence-electron chi connectivity index (χ0n) is 13.9. The fourth-order valence-corrected chi connectivity index (χ4v) is 3.17. The van der Waals surface area contributed by atoms with E-state index in [0.717, 1.165) is 18.4 Å². The fraction of sp³-hybridized carbons (Fsp3) is 0.300. The van der Waals surface area contributed by atoms with Crippen LogP contribution in [-0.4, -0.2) is 11.8 Å². The van der Waals surface area contributed by atoms with Gasteiger partial charge in [0, 0.05) is 18.3 Å². The van der Waals surface area contributed by atoms with Crippen molar-refractivity contribution in [1.29, 1.82) is 0 Å². The molecule has 0 aromatic heterocycles. The van der Waals surface area contributed by atoms with Gasteiger partial charge in [-0.1, -0.05) is 24.3 Å². The Labute approximate surface area is 142 Å². The molecule has 24 heavy (non-hydrogen) atoms. The van der Waals surface area contributed by atoms with Gasteiger partial charge in [0.25, 0.3) is 0 Å². The van der Waals surface area contributed by atoms with Gasteiger partial charge in [-0.05, 0) is 60.6 Å². The first-order valence-corrected chi connectivity index (χ1v) is 8.38. The van der Waals surface area contributed by atoms with Crippen LogP contribution in [0.4, 0.5) is 11.4 Å². The van der Waals surface area contributed by atoms with E-state index in [1.807, 2.05) is 6.07 Å². The number of nitrogens with one attached hydrogen (secondary N) is 2. The predicted octanol–water partition coefficient (Wildman–Crippen LogP) is 3.71.